The molecule has 2 aliphatic rings. The summed E-state index contributed by atoms with van der Waals surface area (Å²) in [5.74, 6) is 2.21. The lowest BCUT2D eigenvalue weighted by molar-refractivity contribution is -0.127. The molecule has 1 aromatic rings. The predicted molar refractivity (Wildman–Crippen MR) is 89.1 cm³/mol. The van der Waals surface area contributed by atoms with Crippen molar-refractivity contribution in [2.24, 2.45) is 0 Å². The molecular formula is C17H29N5O. The Labute approximate surface area is 138 Å². The average molecular weight is 319 g/mol. The van der Waals surface area contributed by atoms with E-state index in [2.05, 4.69) is 19.7 Å². The lowest BCUT2D eigenvalue weighted by atomic mass is 10.0. The van der Waals surface area contributed by atoms with Crippen molar-refractivity contribution in [3.05, 3.63) is 11.6 Å². The second-order valence-corrected chi connectivity index (χ2v) is 6.91. The van der Waals surface area contributed by atoms with Gasteiger partial charge >= 0.3 is 0 Å². The van der Waals surface area contributed by atoms with Crippen molar-refractivity contribution >= 4 is 5.91 Å². The fraction of sp³-hybridized carbons (Fsp3) is 0.824. The van der Waals surface area contributed by atoms with Crippen LogP contribution in [0.25, 0.3) is 0 Å². The smallest absolute Gasteiger partial charge is 0.222 e. The Balaban J connectivity index is 1.51. The number of carbonyl (C=O) groups is 1. The fourth-order valence-electron chi connectivity index (χ4n) is 3.90. The third kappa shape index (κ3) is 4.10. The van der Waals surface area contributed by atoms with Gasteiger partial charge in [0.05, 0.1) is 6.54 Å². The second kappa shape index (κ2) is 7.43. The lowest BCUT2D eigenvalue weighted by Gasteiger charge is -2.36. The fourth-order valence-corrected chi connectivity index (χ4v) is 3.90. The summed E-state index contributed by atoms with van der Waals surface area (Å²) in [6, 6.07) is 0.554. The zero-order chi connectivity index (χ0) is 16.2. The first-order valence-electron chi connectivity index (χ1n) is 9.03. The van der Waals surface area contributed by atoms with Gasteiger partial charge in [0, 0.05) is 32.1 Å². The molecule has 0 radical (unpaired) electrons. The van der Waals surface area contributed by atoms with Crippen LogP contribution in [0.5, 0.6) is 0 Å². The molecule has 2 saturated heterocycles. The van der Waals surface area contributed by atoms with E-state index in [1.54, 1.807) is 0 Å². The minimum Gasteiger partial charge on any atom is -0.343 e. The number of hydrogen-bond donors (Lipinski definition) is 0. The van der Waals surface area contributed by atoms with Crippen LogP contribution in [-0.2, 0) is 11.3 Å². The molecule has 0 spiro atoms. The molecule has 23 heavy (non-hydrogen) atoms. The van der Waals surface area contributed by atoms with E-state index in [1.807, 2.05) is 18.7 Å². The van der Waals surface area contributed by atoms with Gasteiger partial charge in [-0.3, -0.25) is 9.69 Å². The van der Waals surface area contributed by atoms with Crippen molar-refractivity contribution in [1.82, 2.24) is 24.6 Å². The molecular weight excluding hydrogens is 290 g/mol. The molecule has 0 bridgehead atoms. The second-order valence-electron chi connectivity index (χ2n) is 6.91. The van der Waals surface area contributed by atoms with Crippen molar-refractivity contribution in [2.45, 2.75) is 65.0 Å². The van der Waals surface area contributed by atoms with Crippen LogP contribution in [0.1, 0.15) is 50.2 Å². The van der Waals surface area contributed by atoms with Gasteiger partial charge in [-0.2, -0.15) is 5.10 Å². The van der Waals surface area contributed by atoms with Crippen molar-refractivity contribution in [1.29, 1.82) is 0 Å². The number of hydrogen-bond acceptors (Lipinski definition) is 4. The summed E-state index contributed by atoms with van der Waals surface area (Å²) in [4.78, 5) is 20.7. The van der Waals surface area contributed by atoms with Crippen molar-refractivity contribution in [2.75, 3.05) is 26.2 Å². The quantitative estimate of drug-likeness (QED) is 0.802. The number of amides is 1. The molecule has 1 amide bonds. The van der Waals surface area contributed by atoms with E-state index in [0.717, 1.165) is 57.1 Å². The maximum absolute atomic E-state index is 11.7. The topological polar surface area (TPSA) is 54.3 Å². The first-order chi connectivity index (χ1) is 11.1. The Bertz CT molecular complexity index is 541. The van der Waals surface area contributed by atoms with Crippen LogP contribution in [0.15, 0.2) is 0 Å². The molecule has 0 aliphatic carbocycles. The van der Waals surface area contributed by atoms with Gasteiger partial charge in [-0.1, -0.05) is 6.42 Å². The maximum atomic E-state index is 11.7. The van der Waals surface area contributed by atoms with Gasteiger partial charge in [-0.25, -0.2) is 9.67 Å². The average Bonchev–Trinajstić information content (AvgIpc) is 3.07. The summed E-state index contributed by atoms with van der Waals surface area (Å²) in [5, 5.41) is 4.52. The highest BCUT2D eigenvalue weighted by Gasteiger charge is 2.24. The standard InChI is InChI=1S/C17H29N5O/c1-14-18-15(2)22(19-14)13-16-7-3-4-9-20(16)11-6-12-21-10-5-8-17(21)23/h16H,3-13H2,1-2H3. The predicted octanol–water partition coefficient (Wildman–Crippen LogP) is 1.76. The number of aryl methyl sites for hydroxylation is 2. The van der Waals surface area contributed by atoms with Gasteiger partial charge < -0.3 is 4.90 Å². The Morgan fingerprint density at radius 1 is 1.13 bits per heavy atom. The van der Waals surface area contributed by atoms with Crippen molar-refractivity contribution in [3.63, 3.8) is 0 Å². The number of piperidine rings is 1. The summed E-state index contributed by atoms with van der Waals surface area (Å²) in [6.07, 6.45) is 6.69. The van der Waals surface area contributed by atoms with Crippen LogP contribution in [0.3, 0.4) is 0 Å². The monoisotopic (exact) mass is 319 g/mol. The molecule has 128 valence electrons. The number of nitrogens with zero attached hydrogens (tertiary/aromatic N) is 5. The molecule has 1 aromatic heterocycles. The molecule has 1 unspecified atom stereocenters. The molecule has 2 aliphatic heterocycles. The molecule has 1 atom stereocenters. The SMILES string of the molecule is Cc1nc(C)n(CC2CCCCN2CCCN2CCCC2=O)n1. The van der Waals surface area contributed by atoms with Crippen molar-refractivity contribution in [3.8, 4) is 0 Å². The molecule has 6 heteroatoms. The van der Waals surface area contributed by atoms with E-state index in [-0.39, 0.29) is 0 Å². The summed E-state index contributed by atoms with van der Waals surface area (Å²) < 4.78 is 2.06. The van der Waals surface area contributed by atoms with Gasteiger partial charge in [-0.15, -0.1) is 0 Å². The number of likely N-dealkylation sites (tertiary alicyclic amines) is 2. The van der Waals surface area contributed by atoms with E-state index in [9.17, 15) is 4.79 Å². The third-order valence-electron chi connectivity index (χ3n) is 5.14. The van der Waals surface area contributed by atoms with E-state index in [4.69, 9.17) is 0 Å². The van der Waals surface area contributed by atoms with Gasteiger partial charge in [0.1, 0.15) is 11.6 Å². The zero-order valence-corrected chi connectivity index (χ0v) is 14.5. The summed E-state index contributed by atoms with van der Waals surface area (Å²) in [5.41, 5.74) is 0. The highest BCUT2D eigenvalue weighted by molar-refractivity contribution is 5.77. The van der Waals surface area contributed by atoms with Crippen LogP contribution in [-0.4, -0.2) is 62.7 Å². The van der Waals surface area contributed by atoms with Crippen LogP contribution >= 0.6 is 0 Å². The third-order valence-corrected chi connectivity index (χ3v) is 5.14. The molecule has 6 nitrogen and oxygen atoms in total. The molecule has 0 aromatic carbocycles. The summed E-state index contributed by atoms with van der Waals surface area (Å²) >= 11 is 0. The van der Waals surface area contributed by atoms with Gasteiger partial charge in [-0.05, 0) is 46.1 Å². The molecule has 0 N–H and O–H groups in total. The Hall–Kier alpha value is -1.43. The first kappa shape index (κ1) is 16.4. The Morgan fingerprint density at radius 2 is 2.00 bits per heavy atom. The molecule has 0 saturated carbocycles. The molecule has 2 fully saturated rings. The highest BCUT2D eigenvalue weighted by atomic mass is 16.2. The Morgan fingerprint density at radius 3 is 2.70 bits per heavy atom. The molecule has 3 rings (SSSR count). The van der Waals surface area contributed by atoms with Crippen LogP contribution in [0, 0.1) is 13.8 Å². The Kier molecular flexibility index (Phi) is 5.30. The highest BCUT2D eigenvalue weighted by Crippen LogP contribution is 2.19. The summed E-state index contributed by atoms with van der Waals surface area (Å²) in [7, 11) is 0. The van der Waals surface area contributed by atoms with Gasteiger partial charge in [0.15, 0.2) is 0 Å². The normalized spacial score (nSPS) is 23.0. The van der Waals surface area contributed by atoms with Crippen molar-refractivity contribution < 1.29 is 4.79 Å². The van der Waals surface area contributed by atoms with E-state index in [1.165, 1.54) is 25.8 Å². The first-order valence-corrected chi connectivity index (χ1v) is 9.03. The van der Waals surface area contributed by atoms with Gasteiger partial charge in [0.25, 0.3) is 0 Å². The van der Waals surface area contributed by atoms with Crippen LogP contribution in [0.2, 0.25) is 0 Å². The molecule has 3 heterocycles. The zero-order valence-electron chi connectivity index (χ0n) is 14.5. The summed E-state index contributed by atoms with van der Waals surface area (Å²) in [6.45, 7) is 9.06. The van der Waals surface area contributed by atoms with E-state index < -0.39 is 0 Å². The largest absolute Gasteiger partial charge is 0.343 e. The maximum Gasteiger partial charge on any atom is 0.222 e. The van der Waals surface area contributed by atoms with E-state index >= 15 is 0 Å². The lowest BCUT2D eigenvalue weighted by Crippen LogP contribution is -2.43. The number of carbonyl (C=O) groups excluding carboxylic acids is 1. The van der Waals surface area contributed by atoms with E-state index in [0.29, 0.717) is 11.9 Å². The van der Waals surface area contributed by atoms with Crippen LogP contribution < -0.4 is 0 Å². The number of rotatable bonds is 6. The number of aromatic nitrogens is 3. The minimum absolute atomic E-state index is 0.342. The van der Waals surface area contributed by atoms with Crippen LogP contribution in [0.4, 0.5) is 0 Å². The van der Waals surface area contributed by atoms with Gasteiger partial charge in [0.2, 0.25) is 5.91 Å². The minimum atomic E-state index is 0.342.